The number of rotatable bonds is 6. The molecule has 9 nitrogen and oxygen atoms in total. The lowest BCUT2D eigenvalue weighted by Crippen LogP contribution is -2.69. The summed E-state index contributed by atoms with van der Waals surface area (Å²) in [6.07, 6.45) is 0. The number of carbonyl (C=O) groups excluding carboxylic acids is 2. The van der Waals surface area contributed by atoms with Gasteiger partial charge in [0.25, 0.3) is 5.91 Å². The molecule has 1 aliphatic rings. The number of carbonyl (C=O) groups is 2. The van der Waals surface area contributed by atoms with Crippen LogP contribution in [-0.4, -0.2) is 52.7 Å². The highest BCUT2D eigenvalue weighted by atomic mass is 35.5. The predicted molar refractivity (Wildman–Crippen MR) is 85.9 cm³/mol. The third kappa shape index (κ3) is 4.94. The van der Waals surface area contributed by atoms with Gasteiger partial charge in [-0.2, -0.15) is 13.5 Å². The maximum atomic E-state index is 11.9. The Morgan fingerprint density at radius 3 is 2.54 bits per heavy atom. The molecule has 2 atom stereocenters. The third-order valence-corrected chi connectivity index (χ3v) is 4.64. The molecule has 2 amide bonds. The summed E-state index contributed by atoms with van der Waals surface area (Å²) in [5.41, 5.74) is 0. The summed E-state index contributed by atoms with van der Waals surface area (Å²) in [5.74, 6) is -1.26. The molecule has 0 spiro atoms. The van der Waals surface area contributed by atoms with Gasteiger partial charge in [-0.05, 0) is 19.1 Å². The molecule has 1 aromatic heterocycles. The topological polar surface area (TPSA) is 126 Å². The zero-order chi connectivity index (χ0) is 18.1. The largest absolute Gasteiger partial charge is 0.418 e. The fourth-order valence-corrected chi connectivity index (χ4v) is 3.65. The molecule has 24 heavy (non-hydrogen) atoms. The number of thioether (sulfide) groups is 1. The molecular weight excluding hydrogens is 405 g/mol. The Morgan fingerprint density at radius 1 is 1.46 bits per heavy atom. The maximum Gasteiger partial charge on any atom is 0.418 e. The normalized spacial score (nSPS) is 20.7. The number of halogens is 2. The Labute approximate surface area is 151 Å². The van der Waals surface area contributed by atoms with Crippen LogP contribution in [0.5, 0.6) is 0 Å². The van der Waals surface area contributed by atoms with Gasteiger partial charge in [-0.3, -0.25) is 14.1 Å². The fourth-order valence-electron chi connectivity index (χ4n) is 1.88. The quantitative estimate of drug-likeness (QED) is 0.304. The van der Waals surface area contributed by atoms with Crippen molar-refractivity contribution in [2.75, 3.05) is 5.75 Å². The summed E-state index contributed by atoms with van der Waals surface area (Å²) in [7, 11) is -4.80. The second-order valence-electron chi connectivity index (χ2n) is 4.69. The van der Waals surface area contributed by atoms with Crippen LogP contribution in [-0.2, 0) is 24.3 Å². The number of nitrogens with zero attached hydrogens (tertiary/aromatic N) is 2. The van der Waals surface area contributed by atoms with Crippen LogP contribution in [0.1, 0.15) is 6.92 Å². The van der Waals surface area contributed by atoms with Gasteiger partial charge in [-0.25, -0.2) is 4.98 Å². The zero-order valence-corrected chi connectivity index (χ0v) is 15.1. The summed E-state index contributed by atoms with van der Waals surface area (Å²) in [5, 5.41) is 3.28. The van der Waals surface area contributed by atoms with Gasteiger partial charge in [0.05, 0.1) is 11.8 Å². The first kappa shape index (κ1) is 19.2. The summed E-state index contributed by atoms with van der Waals surface area (Å²) in [4.78, 5) is 28.0. The first-order chi connectivity index (χ1) is 11.1. The molecule has 0 unspecified atom stereocenters. The minimum Gasteiger partial charge on any atom is -0.342 e. The van der Waals surface area contributed by atoms with Gasteiger partial charge < -0.3 is 5.32 Å². The van der Waals surface area contributed by atoms with Crippen LogP contribution >= 0.6 is 35.0 Å². The fraction of sp³-hybridized carbons (Fsp3) is 0.364. The standard InChI is InChI=1S/C11H11Cl2N3O6S2/c1-5-10(11(18)16(5)22-24(19,20)21)15-9(17)4-23-6-2-7(12)14-8(13)3-6/h2-3,5,10H,4H2,1H3,(H,15,17)(H,19,20,21)/t5-,10-/m0/s1. The van der Waals surface area contributed by atoms with Crippen LogP contribution in [0.15, 0.2) is 17.0 Å². The SMILES string of the molecule is C[C@H]1[C@H](NC(=O)CSc2cc(Cl)nc(Cl)c2)C(=O)N1OS(=O)(=O)O. The van der Waals surface area contributed by atoms with Crippen LogP contribution in [0.4, 0.5) is 0 Å². The van der Waals surface area contributed by atoms with E-state index in [-0.39, 0.29) is 16.1 Å². The van der Waals surface area contributed by atoms with Crippen molar-refractivity contribution in [3.05, 3.63) is 22.4 Å². The third-order valence-electron chi connectivity index (χ3n) is 2.93. The lowest BCUT2D eigenvalue weighted by atomic mass is 10.0. The Bertz CT molecular complexity index is 755. The Hall–Kier alpha value is -1.11. The number of hydrogen-bond acceptors (Lipinski definition) is 7. The Balaban J connectivity index is 1.86. The molecule has 0 radical (unpaired) electrons. The molecule has 1 aliphatic heterocycles. The molecule has 1 saturated heterocycles. The summed E-state index contributed by atoms with van der Waals surface area (Å²) >= 11 is 12.6. The molecular formula is C11H11Cl2N3O6S2. The van der Waals surface area contributed by atoms with Gasteiger partial charge in [0.15, 0.2) is 0 Å². The predicted octanol–water partition coefficient (Wildman–Crippen LogP) is 0.930. The number of β-lactam (4-membered cyclic amide) rings is 1. The van der Waals surface area contributed by atoms with E-state index in [9.17, 15) is 18.0 Å². The van der Waals surface area contributed by atoms with E-state index in [1.54, 1.807) is 0 Å². The van der Waals surface area contributed by atoms with Gasteiger partial charge in [0.1, 0.15) is 16.3 Å². The summed E-state index contributed by atoms with van der Waals surface area (Å²) in [6, 6.07) is 1.37. The number of hydroxylamine groups is 2. The van der Waals surface area contributed by atoms with Crippen LogP contribution < -0.4 is 5.32 Å². The number of amides is 2. The van der Waals surface area contributed by atoms with Crippen molar-refractivity contribution in [3.8, 4) is 0 Å². The monoisotopic (exact) mass is 415 g/mol. The van der Waals surface area contributed by atoms with Gasteiger partial charge in [0, 0.05) is 4.90 Å². The van der Waals surface area contributed by atoms with E-state index in [4.69, 9.17) is 27.8 Å². The van der Waals surface area contributed by atoms with Crippen molar-refractivity contribution in [1.29, 1.82) is 0 Å². The van der Waals surface area contributed by atoms with E-state index in [1.807, 2.05) is 0 Å². The Kier molecular flexibility index (Phi) is 5.94. The molecule has 0 saturated carbocycles. The molecule has 0 aromatic carbocycles. The lowest BCUT2D eigenvalue weighted by molar-refractivity contribution is -0.196. The molecule has 132 valence electrons. The van der Waals surface area contributed by atoms with Gasteiger partial charge in [-0.15, -0.1) is 16.0 Å². The second-order valence-corrected chi connectivity index (χ2v) is 7.52. The highest BCUT2D eigenvalue weighted by molar-refractivity contribution is 8.00. The molecule has 1 aromatic rings. The number of hydrogen-bond donors (Lipinski definition) is 2. The zero-order valence-electron chi connectivity index (χ0n) is 12.0. The van der Waals surface area contributed by atoms with Crippen molar-refractivity contribution in [1.82, 2.24) is 15.4 Å². The highest BCUT2D eigenvalue weighted by Crippen LogP contribution is 2.25. The van der Waals surface area contributed by atoms with E-state index >= 15 is 0 Å². The van der Waals surface area contributed by atoms with Crippen molar-refractivity contribution in [2.45, 2.75) is 23.9 Å². The van der Waals surface area contributed by atoms with E-state index in [1.165, 1.54) is 19.1 Å². The molecule has 1 fully saturated rings. The molecule has 2 heterocycles. The van der Waals surface area contributed by atoms with Crippen molar-refractivity contribution < 1.29 is 26.8 Å². The summed E-state index contributed by atoms with van der Waals surface area (Å²) < 4.78 is 33.8. The van der Waals surface area contributed by atoms with Gasteiger partial charge in [-0.1, -0.05) is 23.2 Å². The molecule has 0 bridgehead atoms. The van der Waals surface area contributed by atoms with Crippen molar-refractivity contribution in [3.63, 3.8) is 0 Å². The first-order valence-corrected chi connectivity index (χ1v) is 9.43. The van der Waals surface area contributed by atoms with E-state index in [0.29, 0.717) is 9.96 Å². The lowest BCUT2D eigenvalue weighted by Gasteiger charge is -2.42. The summed E-state index contributed by atoms with van der Waals surface area (Å²) in [6.45, 7) is 1.45. The second kappa shape index (κ2) is 7.42. The van der Waals surface area contributed by atoms with Crippen LogP contribution in [0.2, 0.25) is 10.3 Å². The number of pyridine rings is 1. The number of nitrogens with one attached hydrogen (secondary N) is 1. The maximum absolute atomic E-state index is 11.9. The molecule has 2 rings (SSSR count). The molecule has 2 N–H and O–H groups in total. The van der Waals surface area contributed by atoms with E-state index < -0.39 is 34.3 Å². The smallest absolute Gasteiger partial charge is 0.342 e. The van der Waals surface area contributed by atoms with Crippen LogP contribution in [0.3, 0.4) is 0 Å². The average Bonchev–Trinajstić information content (AvgIpc) is 2.46. The van der Waals surface area contributed by atoms with Crippen molar-refractivity contribution in [2.24, 2.45) is 0 Å². The van der Waals surface area contributed by atoms with E-state index in [2.05, 4.69) is 14.6 Å². The van der Waals surface area contributed by atoms with Gasteiger partial charge in [0.2, 0.25) is 5.91 Å². The molecule has 0 aliphatic carbocycles. The van der Waals surface area contributed by atoms with Crippen LogP contribution in [0.25, 0.3) is 0 Å². The number of aromatic nitrogens is 1. The van der Waals surface area contributed by atoms with Crippen LogP contribution in [0, 0.1) is 0 Å². The minimum atomic E-state index is -4.80. The van der Waals surface area contributed by atoms with Gasteiger partial charge >= 0.3 is 10.4 Å². The van der Waals surface area contributed by atoms with Crippen molar-refractivity contribution >= 4 is 57.2 Å². The Morgan fingerprint density at radius 2 is 2.04 bits per heavy atom. The first-order valence-electron chi connectivity index (χ1n) is 6.32. The minimum absolute atomic E-state index is 0.0215. The average molecular weight is 416 g/mol. The van der Waals surface area contributed by atoms with E-state index in [0.717, 1.165) is 11.8 Å². The highest BCUT2D eigenvalue weighted by Gasteiger charge is 2.48. The molecule has 13 heteroatoms.